The molecule has 0 aliphatic heterocycles. The predicted octanol–water partition coefficient (Wildman–Crippen LogP) is 3.34. The zero-order valence-electron chi connectivity index (χ0n) is 17.1. The highest BCUT2D eigenvalue weighted by Gasteiger charge is 2.16. The van der Waals surface area contributed by atoms with Crippen molar-refractivity contribution in [3.8, 4) is 40.3 Å². The Morgan fingerprint density at radius 2 is 1.97 bits per heavy atom. The summed E-state index contributed by atoms with van der Waals surface area (Å²) in [5.41, 5.74) is 8.07. The second-order valence-electron chi connectivity index (χ2n) is 7.02. The quantitative estimate of drug-likeness (QED) is 0.481. The number of aliphatic hydroxyl groups is 1. The van der Waals surface area contributed by atoms with Crippen molar-refractivity contribution < 1.29 is 14.2 Å². The van der Waals surface area contributed by atoms with E-state index in [1.165, 1.54) is 29.2 Å². The van der Waals surface area contributed by atoms with E-state index in [0.29, 0.717) is 45.4 Å². The van der Waals surface area contributed by atoms with Gasteiger partial charge in [-0.3, -0.25) is 0 Å². The van der Waals surface area contributed by atoms with Crippen molar-refractivity contribution in [3.63, 3.8) is 0 Å². The van der Waals surface area contributed by atoms with Crippen LogP contribution in [0, 0.1) is 17.1 Å². The molecule has 1 atom stereocenters. The molecule has 0 bridgehead atoms. The monoisotopic (exact) mass is 430 g/mol. The van der Waals surface area contributed by atoms with Crippen LogP contribution in [0.1, 0.15) is 17.2 Å². The Labute approximate surface area is 183 Å². The molecule has 0 aliphatic rings. The summed E-state index contributed by atoms with van der Waals surface area (Å²) in [6, 6.07) is 14.8. The first-order chi connectivity index (χ1) is 15.5. The lowest BCUT2D eigenvalue weighted by atomic mass is 10.1. The average molecular weight is 430 g/mol. The Bertz CT molecular complexity index is 1300. The molecule has 9 heteroatoms. The van der Waals surface area contributed by atoms with Gasteiger partial charge in [-0.1, -0.05) is 12.1 Å². The molecule has 160 valence electrons. The van der Waals surface area contributed by atoms with E-state index in [-0.39, 0.29) is 12.4 Å². The molecule has 0 saturated carbocycles. The molecule has 2 heterocycles. The van der Waals surface area contributed by atoms with Crippen molar-refractivity contribution in [2.24, 2.45) is 12.8 Å². The van der Waals surface area contributed by atoms with Gasteiger partial charge in [0.05, 0.1) is 29.0 Å². The van der Waals surface area contributed by atoms with Gasteiger partial charge in [0, 0.05) is 43.2 Å². The van der Waals surface area contributed by atoms with Gasteiger partial charge in [0.25, 0.3) is 0 Å². The van der Waals surface area contributed by atoms with Crippen LogP contribution in [0.3, 0.4) is 0 Å². The lowest BCUT2D eigenvalue weighted by molar-refractivity contribution is 0.186. The number of nitrogens with zero attached hydrogens (tertiary/aromatic N) is 5. The maximum Gasteiger partial charge on any atom is 0.218 e. The number of ether oxygens (including phenoxy) is 1. The normalized spacial score (nSPS) is 11.7. The van der Waals surface area contributed by atoms with Gasteiger partial charge in [-0.25, -0.2) is 19.0 Å². The Morgan fingerprint density at radius 1 is 1.19 bits per heavy atom. The number of rotatable bonds is 6. The zero-order chi connectivity index (χ0) is 22.7. The maximum absolute atomic E-state index is 13.6. The third-order valence-electron chi connectivity index (χ3n) is 4.80. The standard InChI is InChI=1S/C23H19FN6O2/c1-30-22(9-19(29-30)15-3-2-4-17(24)8-15)32-21-7-14(10-25)5-6-18(21)23-27-12-16(13-28-23)20(31)11-26/h2-9,12-13,20,31H,11,26H2,1H3/t20-/m1/s1. The molecule has 0 spiro atoms. The van der Waals surface area contributed by atoms with Crippen LogP contribution >= 0.6 is 0 Å². The van der Waals surface area contributed by atoms with E-state index in [4.69, 9.17) is 10.5 Å². The molecule has 2 aromatic heterocycles. The molecular formula is C23H19FN6O2. The number of aliphatic hydroxyl groups excluding tert-OH is 1. The van der Waals surface area contributed by atoms with Crippen molar-refractivity contribution in [2.45, 2.75) is 6.10 Å². The van der Waals surface area contributed by atoms with E-state index in [2.05, 4.69) is 21.1 Å². The zero-order valence-corrected chi connectivity index (χ0v) is 17.1. The van der Waals surface area contributed by atoms with Crippen LogP contribution in [0.4, 0.5) is 4.39 Å². The minimum absolute atomic E-state index is 0.0576. The van der Waals surface area contributed by atoms with Crippen molar-refractivity contribution in [1.29, 1.82) is 5.26 Å². The molecule has 8 nitrogen and oxygen atoms in total. The van der Waals surface area contributed by atoms with Gasteiger partial charge in [-0.2, -0.15) is 10.4 Å². The summed E-state index contributed by atoms with van der Waals surface area (Å²) in [7, 11) is 1.70. The van der Waals surface area contributed by atoms with E-state index in [1.807, 2.05) is 0 Å². The summed E-state index contributed by atoms with van der Waals surface area (Å²) in [5, 5.41) is 23.6. The van der Waals surface area contributed by atoms with Gasteiger partial charge in [0.2, 0.25) is 5.88 Å². The fraction of sp³-hybridized carbons (Fsp3) is 0.130. The number of aromatic nitrogens is 4. The first-order valence-corrected chi connectivity index (χ1v) is 9.71. The molecule has 0 fully saturated rings. The summed E-state index contributed by atoms with van der Waals surface area (Å²) >= 11 is 0. The summed E-state index contributed by atoms with van der Waals surface area (Å²) in [5.74, 6) is 0.728. The number of hydrogen-bond donors (Lipinski definition) is 2. The van der Waals surface area contributed by atoms with Gasteiger partial charge >= 0.3 is 0 Å². The van der Waals surface area contributed by atoms with E-state index in [0.717, 1.165) is 0 Å². The highest BCUT2D eigenvalue weighted by Crippen LogP contribution is 2.34. The van der Waals surface area contributed by atoms with Crippen molar-refractivity contribution in [3.05, 3.63) is 77.9 Å². The Hall–Kier alpha value is -4.13. The summed E-state index contributed by atoms with van der Waals surface area (Å²) < 4.78 is 21.2. The van der Waals surface area contributed by atoms with Gasteiger partial charge in [-0.05, 0) is 30.3 Å². The lowest BCUT2D eigenvalue weighted by Crippen LogP contribution is -2.12. The van der Waals surface area contributed by atoms with Crippen molar-refractivity contribution in [2.75, 3.05) is 6.54 Å². The predicted molar refractivity (Wildman–Crippen MR) is 115 cm³/mol. The van der Waals surface area contributed by atoms with Crippen LogP contribution in [-0.2, 0) is 7.05 Å². The number of benzene rings is 2. The third kappa shape index (κ3) is 4.32. The van der Waals surface area contributed by atoms with Gasteiger partial charge in [-0.15, -0.1) is 0 Å². The molecule has 4 rings (SSSR count). The van der Waals surface area contributed by atoms with Crippen LogP contribution in [0.5, 0.6) is 11.6 Å². The number of hydrogen-bond acceptors (Lipinski definition) is 7. The van der Waals surface area contributed by atoms with Gasteiger partial charge in [0.15, 0.2) is 5.82 Å². The highest BCUT2D eigenvalue weighted by molar-refractivity contribution is 5.67. The molecule has 0 amide bonds. The lowest BCUT2D eigenvalue weighted by Gasteiger charge is -2.12. The SMILES string of the molecule is Cn1nc(-c2cccc(F)c2)cc1Oc1cc(C#N)ccc1-c1ncc([C@H](O)CN)cn1. The minimum Gasteiger partial charge on any atom is -0.438 e. The van der Waals surface area contributed by atoms with E-state index >= 15 is 0 Å². The number of halogens is 1. The van der Waals surface area contributed by atoms with E-state index in [9.17, 15) is 14.8 Å². The fourth-order valence-corrected chi connectivity index (χ4v) is 3.09. The van der Waals surface area contributed by atoms with E-state index < -0.39 is 6.10 Å². The molecule has 4 aromatic rings. The number of aryl methyl sites for hydroxylation is 1. The third-order valence-corrected chi connectivity index (χ3v) is 4.80. The van der Waals surface area contributed by atoms with Crippen molar-refractivity contribution >= 4 is 0 Å². The molecular weight excluding hydrogens is 411 g/mol. The molecule has 0 radical (unpaired) electrons. The maximum atomic E-state index is 13.6. The highest BCUT2D eigenvalue weighted by atomic mass is 19.1. The van der Waals surface area contributed by atoms with Crippen LogP contribution in [0.25, 0.3) is 22.6 Å². The number of nitrogens with two attached hydrogens (primary N) is 1. The Balaban J connectivity index is 1.71. The first kappa shape index (κ1) is 21.1. The second-order valence-corrected chi connectivity index (χ2v) is 7.02. The molecule has 32 heavy (non-hydrogen) atoms. The molecule has 0 unspecified atom stereocenters. The van der Waals surface area contributed by atoms with E-state index in [1.54, 1.807) is 43.4 Å². The van der Waals surface area contributed by atoms with Gasteiger partial charge < -0.3 is 15.6 Å². The topological polar surface area (TPSA) is 123 Å². The molecule has 3 N–H and O–H groups in total. The first-order valence-electron chi connectivity index (χ1n) is 9.71. The largest absolute Gasteiger partial charge is 0.438 e. The van der Waals surface area contributed by atoms with Gasteiger partial charge in [0.1, 0.15) is 11.6 Å². The average Bonchev–Trinajstić information content (AvgIpc) is 3.18. The van der Waals surface area contributed by atoms with Crippen LogP contribution in [-0.4, -0.2) is 31.4 Å². The van der Waals surface area contributed by atoms with Crippen molar-refractivity contribution in [1.82, 2.24) is 19.7 Å². The Kier molecular flexibility index (Phi) is 5.89. The molecule has 0 saturated heterocycles. The second kappa shape index (κ2) is 8.93. The number of nitriles is 1. The van der Waals surface area contributed by atoms with Crippen LogP contribution in [0.2, 0.25) is 0 Å². The summed E-state index contributed by atoms with van der Waals surface area (Å²) in [6.07, 6.45) is 2.14. The smallest absolute Gasteiger partial charge is 0.218 e. The fourth-order valence-electron chi connectivity index (χ4n) is 3.09. The molecule has 0 aliphatic carbocycles. The summed E-state index contributed by atoms with van der Waals surface area (Å²) in [6.45, 7) is 0.0576. The van der Waals surface area contributed by atoms with Crippen LogP contribution in [0.15, 0.2) is 60.9 Å². The minimum atomic E-state index is -0.851. The Morgan fingerprint density at radius 3 is 2.66 bits per heavy atom. The summed E-state index contributed by atoms with van der Waals surface area (Å²) in [4.78, 5) is 8.61. The molecule has 2 aromatic carbocycles. The van der Waals surface area contributed by atoms with Crippen LogP contribution < -0.4 is 10.5 Å².